The molecule has 0 saturated carbocycles. The lowest BCUT2D eigenvalue weighted by Gasteiger charge is -2.07. The summed E-state index contributed by atoms with van der Waals surface area (Å²) in [6.45, 7) is 0.475. The van der Waals surface area contributed by atoms with Crippen LogP contribution in [0.3, 0.4) is 0 Å². The summed E-state index contributed by atoms with van der Waals surface area (Å²) in [5.41, 5.74) is 0.629. The van der Waals surface area contributed by atoms with E-state index in [0.29, 0.717) is 30.9 Å². The van der Waals surface area contributed by atoms with Gasteiger partial charge in [-0.1, -0.05) is 6.07 Å². The number of carbonyl (C=O) groups is 1. The van der Waals surface area contributed by atoms with Crippen LogP contribution in [0, 0.1) is 11.3 Å². The first-order valence-corrected chi connectivity index (χ1v) is 6.24. The number of amides is 1. The molecule has 0 spiro atoms. The third-order valence-electron chi connectivity index (χ3n) is 2.54. The molecule has 0 aliphatic carbocycles. The van der Waals surface area contributed by atoms with E-state index in [-0.39, 0.29) is 11.7 Å². The molecular formula is C15H14N2O3. The SMILES string of the molecule is N#CCCCOc1cccc(NC(=O)c2ccco2)c1. The minimum Gasteiger partial charge on any atom is -0.493 e. The van der Waals surface area contributed by atoms with Gasteiger partial charge < -0.3 is 14.5 Å². The van der Waals surface area contributed by atoms with Gasteiger partial charge in [0, 0.05) is 18.2 Å². The summed E-state index contributed by atoms with van der Waals surface area (Å²) >= 11 is 0. The van der Waals surface area contributed by atoms with Gasteiger partial charge in [-0.15, -0.1) is 0 Å². The maximum Gasteiger partial charge on any atom is 0.291 e. The third-order valence-corrected chi connectivity index (χ3v) is 2.54. The van der Waals surface area contributed by atoms with Crippen LogP contribution in [0.2, 0.25) is 0 Å². The summed E-state index contributed by atoms with van der Waals surface area (Å²) in [5.74, 6) is 0.599. The standard InChI is InChI=1S/C15H14N2O3/c16-8-1-2-9-19-13-6-3-5-12(11-13)17-15(18)14-7-4-10-20-14/h3-7,10-11H,1-2,9H2,(H,17,18). The highest BCUT2D eigenvalue weighted by atomic mass is 16.5. The van der Waals surface area contributed by atoms with Crippen LogP contribution < -0.4 is 10.1 Å². The van der Waals surface area contributed by atoms with E-state index in [4.69, 9.17) is 14.4 Å². The van der Waals surface area contributed by atoms with Crippen molar-refractivity contribution < 1.29 is 13.9 Å². The Morgan fingerprint density at radius 2 is 2.25 bits per heavy atom. The molecule has 0 radical (unpaired) electrons. The van der Waals surface area contributed by atoms with Crippen molar-refractivity contribution in [2.24, 2.45) is 0 Å². The highest BCUT2D eigenvalue weighted by Crippen LogP contribution is 2.18. The molecule has 1 aromatic heterocycles. The van der Waals surface area contributed by atoms with Crippen molar-refractivity contribution >= 4 is 11.6 Å². The van der Waals surface area contributed by atoms with Crippen LogP contribution in [-0.2, 0) is 0 Å². The molecule has 0 saturated heterocycles. The molecule has 2 aromatic rings. The Morgan fingerprint density at radius 1 is 1.35 bits per heavy atom. The first-order chi connectivity index (χ1) is 9.79. The Morgan fingerprint density at radius 3 is 3.00 bits per heavy atom. The largest absolute Gasteiger partial charge is 0.493 e. The highest BCUT2D eigenvalue weighted by molar-refractivity contribution is 6.02. The molecule has 5 nitrogen and oxygen atoms in total. The first kappa shape index (κ1) is 13.7. The van der Waals surface area contributed by atoms with Crippen molar-refractivity contribution in [3.8, 4) is 11.8 Å². The molecule has 1 heterocycles. The van der Waals surface area contributed by atoms with Gasteiger partial charge in [0.25, 0.3) is 5.91 Å². The van der Waals surface area contributed by atoms with E-state index >= 15 is 0 Å². The molecule has 0 unspecified atom stereocenters. The lowest BCUT2D eigenvalue weighted by Crippen LogP contribution is -2.10. The molecule has 20 heavy (non-hydrogen) atoms. The summed E-state index contributed by atoms with van der Waals surface area (Å²) in [6, 6.07) is 12.4. The molecule has 1 aromatic carbocycles. The van der Waals surface area contributed by atoms with E-state index in [9.17, 15) is 4.79 Å². The van der Waals surface area contributed by atoms with Gasteiger partial charge in [-0.05, 0) is 30.7 Å². The Kier molecular flexibility index (Phi) is 4.79. The van der Waals surface area contributed by atoms with Crippen molar-refractivity contribution in [2.75, 3.05) is 11.9 Å². The van der Waals surface area contributed by atoms with Crippen molar-refractivity contribution in [2.45, 2.75) is 12.8 Å². The van der Waals surface area contributed by atoms with Gasteiger partial charge in [-0.25, -0.2) is 0 Å². The smallest absolute Gasteiger partial charge is 0.291 e. The fraction of sp³-hybridized carbons (Fsp3) is 0.200. The lowest BCUT2D eigenvalue weighted by atomic mass is 10.3. The van der Waals surface area contributed by atoms with Crippen LogP contribution in [0.4, 0.5) is 5.69 Å². The number of rotatable bonds is 6. The number of hydrogen-bond donors (Lipinski definition) is 1. The molecule has 2 rings (SSSR count). The molecular weight excluding hydrogens is 256 g/mol. The van der Waals surface area contributed by atoms with Crippen LogP contribution >= 0.6 is 0 Å². The second kappa shape index (κ2) is 7.00. The Hall–Kier alpha value is -2.74. The number of ether oxygens (including phenoxy) is 1. The summed E-state index contributed by atoms with van der Waals surface area (Å²) in [5, 5.41) is 11.2. The van der Waals surface area contributed by atoms with Crippen molar-refractivity contribution in [3.63, 3.8) is 0 Å². The fourth-order valence-electron chi connectivity index (χ4n) is 1.61. The van der Waals surface area contributed by atoms with E-state index in [2.05, 4.69) is 11.4 Å². The summed E-state index contributed by atoms with van der Waals surface area (Å²) in [7, 11) is 0. The molecule has 1 amide bonds. The molecule has 1 N–H and O–H groups in total. The Labute approximate surface area is 116 Å². The number of nitrogens with zero attached hydrogens (tertiary/aromatic N) is 1. The van der Waals surface area contributed by atoms with Crippen LogP contribution in [0.15, 0.2) is 47.1 Å². The zero-order chi connectivity index (χ0) is 14.2. The predicted octanol–water partition coefficient (Wildman–Crippen LogP) is 3.21. The van der Waals surface area contributed by atoms with Gasteiger partial charge in [0.15, 0.2) is 5.76 Å². The second-order valence-electron chi connectivity index (χ2n) is 4.07. The van der Waals surface area contributed by atoms with Gasteiger partial charge in [0.1, 0.15) is 5.75 Å². The number of nitrogens with one attached hydrogen (secondary N) is 1. The summed E-state index contributed by atoms with van der Waals surface area (Å²) < 4.78 is 10.5. The first-order valence-electron chi connectivity index (χ1n) is 6.24. The number of anilines is 1. The Bertz CT molecular complexity index is 600. The summed E-state index contributed by atoms with van der Waals surface area (Å²) in [6.07, 6.45) is 2.60. The van der Waals surface area contributed by atoms with Crippen LogP contribution in [0.1, 0.15) is 23.4 Å². The zero-order valence-corrected chi connectivity index (χ0v) is 10.8. The summed E-state index contributed by atoms with van der Waals surface area (Å²) in [4.78, 5) is 11.8. The minimum atomic E-state index is -0.309. The van der Waals surface area contributed by atoms with E-state index in [0.717, 1.165) is 0 Å². The van der Waals surface area contributed by atoms with Crippen molar-refractivity contribution in [1.29, 1.82) is 5.26 Å². The van der Waals surface area contributed by atoms with E-state index in [1.54, 1.807) is 36.4 Å². The van der Waals surface area contributed by atoms with Gasteiger partial charge >= 0.3 is 0 Å². The predicted molar refractivity (Wildman–Crippen MR) is 73.4 cm³/mol. The lowest BCUT2D eigenvalue weighted by molar-refractivity contribution is 0.0996. The van der Waals surface area contributed by atoms with Crippen LogP contribution in [0.25, 0.3) is 0 Å². The van der Waals surface area contributed by atoms with Crippen LogP contribution in [0.5, 0.6) is 5.75 Å². The molecule has 102 valence electrons. The van der Waals surface area contributed by atoms with Gasteiger partial charge in [-0.2, -0.15) is 5.26 Å². The number of unbranched alkanes of at least 4 members (excludes halogenated alkanes) is 1. The zero-order valence-electron chi connectivity index (χ0n) is 10.8. The van der Waals surface area contributed by atoms with Crippen molar-refractivity contribution in [3.05, 3.63) is 48.4 Å². The Balaban J connectivity index is 1.92. The number of furan rings is 1. The fourth-order valence-corrected chi connectivity index (χ4v) is 1.61. The highest BCUT2D eigenvalue weighted by Gasteiger charge is 2.08. The minimum absolute atomic E-state index is 0.255. The van der Waals surface area contributed by atoms with E-state index in [1.807, 2.05) is 0 Å². The molecule has 0 fully saturated rings. The molecule has 0 aliphatic rings. The quantitative estimate of drug-likeness (QED) is 0.818. The monoisotopic (exact) mass is 270 g/mol. The molecule has 0 bridgehead atoms. The topological polar surface area (TPSA) is 75.3 Å². The molecule has 0 atom stereocenters. The van der Waals surface area contributed by atoms with Crippen molar-refractivity contribution in [1.82, 2.24) is 0 Å². The van der Waals surface area contributed by atoms with Gasteiger partial charge in [0.2, 0.25) is 0 Å². The van der Waals surface area contributed by atoms with E-state index < -0.39 is 0 Å². The third kappa shape index (κ3) is 3.89. The average molecular weight is 270 g/mol. The average Bonchev–Trinajstić information content (AvgIpc) is 2.98. The van der Waals surface area contributed by atoms with Gasteiger partial charge in [0.05, 0.1) is 18.9 Å². The van der Waals surface area contributed by atoms with Gasteiger partial charge in [-0.3, -0.25) is 4.79 Å². The molecule has 0 aliphatic heterocycles. The number of carbonyl (C=O) groups excluding carboxylic acids is 1. The molecule has 5 heteroatoms. The normalized spacial score (nSPS) is 9.75. The maximum absolute atomic E-state index is 11.8. The second-order valence-corrected chi connectivity index (χ2v) is 4.07. The number of hydrogen-bond acceptors (Lipinski definition) is 4. The number of nitriles is 1. The number of benzene rings is 1. The van der Waals surface area contributed by atoms with Crippen LogP contribution in [-0.4, -0.2) is 12.5 Å². The maximum atomic E-state index is 11.8. The van der Waals surface area contributed by atoms with E-state index in [1.165, 1.54) is 6.26 Å².